The van der Waals surface area contributed by atoms with Gasteiger partial charge in [-0.15, -0.1) is 0 Å². The minimum absolute atomic E-state index is 0.0199. The number of benzene rings is 2. The van der Waals surface area contributed by atoms with Crippen LogP contribution in [0.2, 0.25) is 0 Å². The summed E-state index contributed by atoms with van der Waals surface area (Å²) in [7, 11) is 0. The number of piperidine rings is 1. The van der Waals surface area contributed by atoms with Crippen LogP contribution in [0, 0.1) is 11.7 Å². The van der Waals surface area contributed by atoms with Gasteiger partial charge in [0.25, 0.3) is 5.56 Å². The van der Waals surface area contributed by atoms with Gasteiger partial charge < -0.3 is 0 Å². The van der Waals surface area contributed by atoms with Crippen molar-refractivity contribution in [3.8, 4) is 0 Å². The monoisotopic (exact) mass is 370 g/mol. The minimum Gasteiger partial charge on any atom is -0.299 e. The first-order valence-electron chi connectivity index (χ1n) is 9.25. The van der Waals surface area contributed by atoms with Crippen molar-refractivity contribution >= 4 is 21.6 Å². The molecule has 0 bridgehead atoms. The summed E-state index contributed by atoms with van der Waals surface area (Å²) in [5.74, 6) is 0.382. The number of hydrogen-bond acceptors (Lipinski definition) is 3. The molecule has 1 saturated heterocycles. The van der Waals surface area contributed by atoms with Crippen molar-refractivity contribution < 1.29 is 4.39 Å². The Labute approximate surface area is 156 Å². The first kappa shape index (κ1) is 17.4. The number of nitrogens with zero attached hydrogens (tertiary/aromatic N) is 2. The molecule has 5 heteroatoms. The lowest BCUT2D eigenvalue weighted by atomic mass is 9.93. The molecule has 0 amide bonds. The summed E-state index contributed by atoms with van der Waals surface area (Å²) >= 11 is 1.38. The third kappa shape index (κ3) is 3.89. The Kier molecular flexibility index (Phi) is 5.18. The summed E-state index contributed by atoms with van der Waals surface area (Å²) in [6, 6.07) is 15.0. The molecule has 136 valence electrons. The molecular formula is C21H23FN2OS. The fraction of sp³-hybridized carbons (Fsp3) is 0.381. The SMILES string of the molecule is O=c1c2ccc(F)cc2sn1CCC1CCN(Cc2ccccc2)CC1. The Bertz CT molecular complexity index is 926. The molecule has 0 unspecified atom stereocenters. The first-order valence-corrected chi connectivity index (χ1v) is 10.0. The van der Waals surface area contributed by atoms with Gasteiger partial charge in [-0.05, 0) is 62.0 Å². The van der Waals surface area contributed by atoms with E-state index in [1.807, 2.05) is 0 Å². The van der Waals surface area contributed by atoms with Crippen molar-refractivity contribution in [1.29, 1.82) is 0 Å². The Morgan fingerprint density at radius 3 is 2.62 bits per heavy atom. The lowest BCUT2D eigenvalue weighted by Crippen LogP contribution is -2.33. The molecule has 4 rings (SSSR count). The topological polar surface area (TPSA) is 25.2 Å². The highest BCUT2D eigenvalue weighted by atomic mass is 32.1. The molecule has 3 aromatic rings. The summed E-state index contributed by atoms with van der Waals surface area (Å²) in [6.07, 6.45) is 3.39. The Morgan fingerprint density at radius 2 is 1.85 bits per heavy atom. The Morgan fingerprint density at radius 1 is 1.08 bits per heavy atom. The maximum absolute atomic E-state index is 13.3. The molecule has 1 aromatic heterocycles. The van der Waals surface area contributed by atoms with Crippen LogP contribution in [0.3, 0.4) is 0 Å². The number of likely N-dealkylation sites (tertiary alicyclic amines) is 1. The highest BCUT2D eigenvalue weighted by molar-refractivity contribution is 7.13. The van der Waals surface area contributed by atoms with Crippen molar-refractivity contribution in [2.45, 2.75) is 32.4 Å². The van der Waals surface area contributed by atoms with Crippen LogP contribution in [0.25, 0.3) is 10.1 Å². The molecule has 26 heavy (non-hydrogen) atoms. The second-order valence-electron chi connectivity index (χ2n) is 7.13. The summed E-state index contributed by atoms with van der Waals surface area (Å²) in [6.45, 7) is 4.00. The molecule has 2 heterocycles. The molecule has 0 atom stereocenters. The van der Waals surface area contributed by atoms with Crippen LogP contribution in [-0.2, 0) is 13.1 Å². The van der Waals surface area contributed by atoms with Gasteiger partial charge in [-0.2, -0.15) is 0 Å². The summed E-state index contributed by atoms with van der Waals surface area (Å²) < 4.78 is 15.9. The van der Waals surface area contributed by atoms with Gasteiger partial charge in [0.15, 0.2) is 0 Å². The molecule has 0 spiro atoms. The molecule has 1 aliphatic rings. The van der Waals surface area contributed by atoms with Crippen molar-refractivity contribution in [2.75, 3.05) is 13.1 Å². The third-order valence-electron chi connectivity index (χ3n) is 5.31. The maximum Gasteiger partial charge on any atom is 0.268 e. The Hall–Kier alpha value is -1.98. The van der Waals surface area contributed by atoms with E-state index in [2.05, 4.69) is 35.2 Å². The van der Waals surface area contributed by atoms with Gasteiger partial charge in [0.1, 0.15) is 5.82 Å². The predicted octanol–water partition coefficient (Wildman–Crippen LogP) is 4.50. The van der Waals surface area contributed by atoms with E-state index in [1.54, 1.807) is 10.0 Å². The standard InChI is InChI=1S/C21H23FN2OS/c22-18-6-7-19-20(14-18)26-24(21(19)25)13-10-16-8-11-23(12-9-16)15-17-4-2-1-3-5-17/h1-7,14,16H,8-13,15H2. The zero-order valence-electron chi connectivity index (χ0n) is 14.7. The smallest absolute Gasteiger partial charge is 0.268 e. The quantitative estimate of drug-likeness (QED) is 0.660. The molecule has 0 saturated carbocycles. The van der Waals surface area contributed by atoms with Crippen LogP contribution < -0.4 is 5.56 Å². The summed E-state index contributed by atoms with van der Waals surface area (Å²) in [5, 5.41) is 0.633. The van der Waals surface area contributed by atoms with Crippen molar-refractivity contribution in [2.24, 2.45) is 5.92 Å². The van der Waals surface area contributed by atoms with E-state index in [0.29, 0.717) is 11.3 Å². The number of hydrogen-bond donors (Lipinski definition) is 0. The van der Waals surface area contributed by atoms with Crippen LogP contribution >= 0.6 is 11.5 Å². The minimum atomic E-state index is -0.281. The van der Waals surface area contributed by atoms with Crippen LogP contribution in [-0.4, -0.2) is 21.9 Å². The van der Waals surface area contributed by atoms with Gasteiger partial charge in [-0.1, -0.05) is 41.9 Å². The molecular weight excluding hydrogens is 347 g/mol. The van der Waals surface area contributed by atoms with E-state index in [9.17, 15) is 9.18 Å². The fourth-order valence-electron chi connectivity index (χ4n) is 3.76. The number of fused-ring (bicyclic) bond motifs is 1. The molecule has 0 radical (unpaired) electrons. The van der Waals surface area contributed by atoms with Crippen LogP contribution in [0.5, 0.6) is 0 Å². The molecule has 1 aliphatic heterocycles. The van der Waals surface area contributed by atoms with Gasteiger partial charge >= 0.3 is 0 Å². The van der Waals surface area contributed by atoms with Gasteiger partial charge in [-0.3, -0.25) is 13.7 Å². The number of aryl methyl sites for hydroxylation is 1. The maximum atomic E-state index is 13.3. The van der Waals surface area contributed by atoms with Gasteiger partial charge in [0.05, 0.1) is 10.1 Å². The average Bonchev–Trinajstić information content (AvgIpc) is 2.97. The van der Waals surface area contributed by atoms with E-state index >= 15 is 0 Å². The van der Waals surface area contributed by atoms with Gasteiger partial charge in [-0.25, -0.2) is 4.39 Å². The lowest BCUT2D eigenvalue weighted by Gasteiger charge is -2.32. The van der Waals surface area contributed by atoms with Crippen molar-refractivity contribution in [1.82, 2.24) is 8.86 Å². The zero-order chi connectivity index (χ0) is 17.9. The first-order chi connectivity index (χ1) is 12.7. The molecule has 1 fully saturated rings. The third-order valence-corrected chi connectivity index (χ3v) is 6.41. The number of halogens is 1. The molecule has 2 aromatic carbocycles. The van der Waals surface area contributed by atoms with E-state index in [0.717, 1.165) is 37.3 Å². The van der Waals surface area contributed by atoms with Gasteiger partial charge in [0, 0.05) is 13.1 Å². The van der Waals surface area contributed by atoms with Crippen molar-refractivity contribution in [3.05, 3.63) is 70.3 Å². The molecule has 0 N–H and O–H groups in total. The second-order valence-corrected chi connectivity index (χ2v) is 8.20. The largest absolute Gasteiger partial charge is 0.299 e. The molecule has 3 nitrogen and oxygen atoms in total. The van der Waals surface area contributed by atoms with E-state index < -0.39 is 0 Å². The van der Waals surface area contributed by atoms with Crippen LogP contribution in [0.1, 0.15) is 24.8 Å². The lowest BCUT2D eigenvalue weighted by molar-refractivity contribution is 0.170. The molecule has 0 aliphatic carbocycles. The van der Waals surface area contributed by atoms with Crippen molar-refractivity contribution in [3.63, 3.8) is 0 Å². The average molecular weight is 370 g/mol. The van der Waals surface area contributed by atoms with E-state index in [-0.39, 0.29) is 11.4 Å². The summed E-state index contributed by atoms with van der Waals surface area (Å²) in [4.78, 5) is 14.9. The van der Waals surface area contributed by atoms with E-state index in [4.69, 9.17) is 0 Å². The fourth-order valence-corrected chi connectivity index (χ4v) is 4.80. The zero-order valence-corrected chi connectivity index (χ0v) is 15.6. The highest BCUT2D eigenvalue weighted by Gasteiger charge is 2.19. The number of aromatic nitrogens is 1. The van der Waals surface area contributed by atoms with E-state index in [1.165, 1.54) is 42.1 Å². The second kappa shape index (κ2) is 7.72. The van der Waals surface area contributed by atoms with Gasteiger partial charge in [0.2, 0.25) is 0 Å². The highest BCUT2D eigenvalue weighted by Crippen LogP contribution is 2.24. The van der Waals surface area contributed by atoms with Crippen LogP contribution in [0.4, 0.5) is 4.39 Å². The van der Waals surface area contributed by atoms with Crippen LogP contribution in [0.15, 0.2) is 53.3 Å². The number of rotatable bonds is 5. The predicted molar refractivity (Wildman–Crippen MR) is 105 cm³/mol. The Balaban J connectivity index is 1.31. The summed E-state index contributed by atoms with van der Waals surface area (Å²) in [5.41, 5.74) is 1.39. The normalized spacial score (nSPS) is 16.3.